The molecule has 1 aromatic carbocycles. The van der Waals surface area contributed by atoms with Crippen molar-refractivity contribution in [2.45, 2.75) is 41.0 Å². The number of rotatable bonds is 10. The molecule has 0 unspecified atom stereocenters. The Kier molecular flexibility index (Phi) is 9.21. The van der Waals surface area contributed by atoms with Crippen LogP contribution in [0.15, 0.2) is 24.3 Å². The van der Waals surface area contributed by atoms with E-state index in [-0.39, 0.29) is 11.8 Å². The standard InChI is InChI=1S/C20H33N3O2/c1-6-22(7-2)12-13-23(15-16(3)4)20(25)14-18-8-10-19(11-9-18)21-17(5)24/h8-11,16H,6-7,12-15H2,1-5H3,(H,21,24). The average Bonchev–Trinajstić information content (AvgIpc) is 2.55. The van der Waals surface area contributed by atoms with Crippen LogP contribution in [0.4, 0.5) is 5.69 Å². The largest absolute Gasteiger partial charge is 0.341 e. The van der Waals surface area contributed by atoms with E-state index in [2.05, 4.69) is 37.9 Å². The van der Waals surface area contributed by atoms with Crippen LogP contribution in [0.1, 0.15) is 40.2 Å². The van der Waals surface area contributed by atoms with Gasteiger partial charge in [-0.15, -0.1) is 0 Å². The van der Waals surface area contributed by atoms with Gasteiger partial charge in [-0.25, -0.2) is 0 Å². The van der Waals surface area contributed by atoms with Gasteiger partial charge in [0.25, 0.3) is 0 Å². The summed E-state index contributed by atoms with van der Waals surface area (Å²) in [5.41, 5.74) is 1.72. The van der Waals surface area contributed by atoms with Gasteiger partial charge in [-0.3, -0.25) is 9.59 Å². The number of carbonyl (C=O) groups excluding carboxylic acids is 2. The predicted octanol–water partition coefficient (Wildman–Crippen LogP) is 3.01. The third kappa shape index (κ3) is 8.16. The van der Waals surface area contributed by atoms with Crippen LogP contribution in [0.25, 0.3) is 0 Å². The van der Waals surface area contributed by atoms with Crippen molar-refractivity contribution in [2.24, 2.45) is 5.92 Å². The van der Waals surface area contributed by atoms with Gasteiger partial charge in [-0.2, -0.15) is 0 Å². The second-order valence-electron chi connectivity index (χ2n) is 6.82. The van der Waals surface area contributed by atoms with Crippen LogP contribution in [0.3, 0.4) is 0 Å². The summed E-state index contributed by atoms with van der Waals surface area (Å²) < 4.78 is 0. The van der Waals surface area contributed by atoms with Crippen molar-refractivity contribution in [1.82, 2.24) is 9.80 Å². The average molecular weight is 348 g/mol. The zero-order chi connectivity index (χ0) is 18.8. The highest BCUT2D eigenvalue weighted by molar-refractivity contribution is 5.88. The van der Waals surface area contributed by atoms with Crippen molar-refractivity contribution < 1.29 is 9.59 Å². The molecule has 25 heavy (non-hydrogen) atoms. The molecule has 1 aromatic rings. The van der Waals surface area contributed by atoms with Crippen LogP contribution in [-0.4, -0.2) is 54.3 Å². The molecular weight excluding hydrogens is 314 g/mol. The highest BCUT2D eigenvalue weighted by Gasteiger charge is 2.16. The minimum Gasteiger partial charge on any atom is -0.341 e. The zero-order valence-electron chi connectivity index (χ0n) is 16.3. The summed E-state index contributed by atoms with van der Waals surface area (Å²) in [4.78, 5) is 28.1. The summed E-state index contributed by atoms with van der Waals surface area (Å²) in [6.07, 6.45) is 0.394. The summed E-state index contributed by atoms with van der Waals surface area (Å²) in [7, 11) is 0. The van der Waals surface area contributed by atoms with E-state index in [1.807, 2.05) is 29.2 Å². The van der Waals surface area contributed by atoms with Gasteiger partial charge in [0.1, 0.15) is 0 Å². The van der Waals surface area contributed by atoms with E-state index in [1.165, 1.54) is 6.92 Å². The molecule has 0 bridgehead atoms. The van der Waals surface area contributed by atoms with Gasteiger partial charge in [-0.1, -0.05) is 39.8 Å². The molecule has 5 nitrogen and oxygen atoms in total. The van der Waals surface area contributed by atoms with Gasteiger partial charge in [0, 0.05) is 32.2 Å². The molecule has 140 valence electrons. The number of nitrogens with one attached hydrogen (secondary N) is 1. The van der Waals surface area contributed by atoms with Gasteiger partial charge >= 0.3 is 0 Å². The highest BCUT2D eigenvalue weighted by Crippen LogP contribution is 2.12. The van der Waals surface area contributed by atoms with E-state index in [0.29, 0.717) is 12.3 Å². The second-order valence-corrected chi connectivity index (χ2v) is 6.82. The third-order valence-corrected chi connectivity index (χ3v) is 4.15. The predicted molar refractivity (Wildman–Crippen MR) is 104 cm³/mol. The summed E-state index contributed by atoms with van der Waals surface area (Å²) >= 11 is 0. The Labute approximate surface area is 152 Å². The van der Waals surface area contributed by atoms with Crippen LogP contribution in [-0.2, 0) is 16.0 Å². The Morgan fingerprint density at radius 1 is 1.04 bits per heavy atom. The Balaban J connectivity index is 2.68. The van der Waals surface area contributed by atoms with Crippen LogP contribution in [0, 0.1) is 5.92 Å². The number of hydrogen-bond acceptors (Lipinski definition) is 3. The van der Waals surface area contributed by atoms with Crippen LogP contribution in [0.5, 0.6) is 0 Å². The summed E-state index contributed by atoms with van der Waals surface area (Å²) in [6.45, 7) is 14.5. The van der Waals surface area contributed by atoms with E-state index in [1.54, 1.807) is 0 Å². The molecule has 0 saturated carbocycles. The summed E-state index contributed by atoms with van der Waals surface area (Å²) in [5.74, 6) is 0.513. The lowest BCUT2D eigenvalue weighted by Crippen LogP contribution is -2.41. The Morgan fingerprint density at radius 3 is 2.12 bits per heavy atom. The molecule has 0 radical (unpaired) electrons. The fourth-order valence-corrected chi connectivity index (χ4v) is 2.76. The minimum absolute atomic E-state index is 0.0941. The first-order valence-electron chi connectivity index (χ1n) is 9.22. The SMILES string of the molecule is CCN(CC)CCN(CC(C)C)C(=O)Cc1ccc(NC(C)=O)cc1. The number of benzene rings is 1. The molecule has 0 aliphatic rings. The van der Waals surface area contributed by atoms with Crippen molar-refractivity contribution in [2.75, 3.05) is 38.0 Å². The molecule has 1 rings (SSSR count). The van der Waals surface area contributed by atoms with E-state index < -0.39 is 0 Å². The third-order valence-electron chi connectivity index (χ3n) is 4.15. The second kappa shape index (κ2) is 10.9. The highest BCUT2D eigenvalue weighted by atomic mass is 16.2. The monoisotopic (exact) mass is 347 g/mol. The van der Waals surface area contributed by atoms with Crippen LogP contribution >= 0.6 is 0 Å². The molecule has 0 heterocycles. The Hall–Kier alpha value is -1.88. The van der Waals surface area contributed by atoms with Crippen molar-refractivity contribution in [1.29, 1.82) is 0 Å². The number of hydrogen-bond donors (Lipinski definition) is 1. The molecule has 0 atom stereocenters. The zero-order valence-corrected chi connectivity index (χ0v) is 16.3. The van der Waals surface area contributed by atoms with Gasteiger partial charge in [0.05, 0.1) is 6.42 Å². The van der Waals surface area contributed by atoms with Crippen molar-refractivity contribution in [3.63, 3.8) is 0 Å². The smallest absolute Gasteiger partial charge is 0.227 e. The summed E-state index contributed by atoms with van der Waals surface area (Å²) in [5, 5.41) is 2.74. The lowest BCUT2D eigenvalue weighted by Gasteiger charge is -2.28. The normalized spacial score (nSPS) is 11.0. The maximum atomic E-state index is 12.7. The van der Waals surface area contributed by atoms with Crippen molar-refractivity contribution in [3.8, 4) is 0 Å². The number of carbonyl (C=O) groups is 2. The topological polar surface area (TPSA) is 52.6 Å². The van der Waals surface area contributed by atoms with E-state index in [0.717, 1.165) is 44.0 Å². The van der Waals surface area contributed by atoms with E-state index in [4.69, 9.17) is 0 Å². The fraction of sp³-hybridized carbons (Fsp3) is 0.600. The number of nitrogens with zero attached hydrogens (tertiary/aromatic N) is 2. The van der Waals surface area contributed by atoms with Gasteiger partial charge in [0.2, 0.25) is 11.8 Å². The Morgan fingerprint density at radius 2 is 1.64 bits per heavy atom. The van der Waals surface area contributed by atoms with Crippen molar-refractivity contribution >= 4 is 17.5 Å². The maximum Gasteiger partial charge on any atom is 0.227 e. The first-order chi connectivity index (χ1) is 11.8. The Bertz CT molecular complexity index is 536. The lowest BCUT2D eigenvalue weighted by molar-refractivity contribution is -0.131. The van der Waals surface area contributed by atoms with Gasteiger partial charge in [0.15, 0.2) is 0 Å². The quantitative estimate of drug-likeness (QED) is 0.708. The number of amides is 2. The maximum absolute atomic E-state index is 12.7. The van der Waals surface area contributed by atoms with Gasteiger partial charge < -0.3 is 15.1 Å². The first kappa shape index (κ1) is 21.2. The van der Waals surface area contributed by atoms with Gasteiger partial charge in [-0.05, 0) is 36.7 Å². The lowest BCUT2D eigenvalue weighted by atomic mass is 10.1. The molecule has 0 aliphatic carbocycles. The molecule has 0 spiro atoms. The molecule has 0 fully saturated rings. The summed E-state index contributed by atoms with van der Waals surface area (Å²) in [6, 6.07) is 7.49. The fourth-order valence-electron chi connectivity index (χ4n) is 2.76. The number of likely N-dealkylation sites (N-methyl/N-ethyl adjacent to an activating group) is 1. The number of anilines is 1. The molecule has 5 heteroatoms. The van der Waals surface area contributed by atoms with Crippen LogP contribution < -0.4 is 5.32 Å². The van der Waals surface area contributed by atoms with Crippen LogP contribution in [0.2, 0.25) is 0 Å². The van der Waals surface area contributed by atoms with E-state index >= 15 is 0 Å². The molecule has 0 aromatic heterocycles. The molecule has 1 N–H and O–H groups in total. The molecule has 0 saturated heterocycles. The molecule has 0 aliphatic heterocycles. The minimum atomic E-state index is -0.0941. The van der Waals surface area contributed by atoms with Crippen molar-refractivity contribution in [3.05, 3.63) is 29.8 Å². The first-order valence-corrected chi connectivity index (χ1v) is 9.22. The molecular formula is C20H33N3O2. The van der Waals surface area contributed by atoms with E-state index in [9.17, 15) is 9.59 Å². The molecule has 2 amide bonds.